The predicted molar refractivity (Wildman–Crippen MR) is 128 cm³/mol. The lowest BCUT2D eigenvalue weighted by atomic mass is 10.0. The monoisotopic (exact) mass is 464 g/mol. The maximum absolute atomic E-state index is 13.5. The highest BCUT2D eigenvalue weighted by Gasteiger charge is 2.30. The Kier molecular flexibility index (Phi) is 9.03. The third kappa shape index (κ3) is 6.81. The summed E-state index contributed by atoms with van der Waals surface area (Å²) in [5, 5.41) is 2.83. The minimum absolute atomic E-state index is 0.128. The number of likely N-dealkylation sites (N-methyl/N-ethyl adjacent to an activating group) is 1. The van der Waals surface area contributed by atoms with E-state index in [9.17, 15) is 14.0 Å². The summed E-state index contributed by atoms with van der Waals surface area (Å²) in [4.78, 5) is 28.0. The van der Waals surface area contributed by atoms with Gasteiger partial charge >= 0.3 is 0 Å². The van der Waals surface area contributed by atoms with Crippen LogP contribution in [0.25, 0.3) is 0 Å². The number of nitrogens with zero attached hydrogens (tertiary/aromatic N) is 1. The van der Waals surface area contributed by atoms with Gasteiger partial charge < -0.3 is 19.7 Å². The van der Waals surface area contributed by atoms with Crippen LogP contribution in [0.5, 0.6) is 11.5 Å². The third-order valence-electron chi connectivity index (χ3n) is 5.31. The van der Waals surface area contributed by atoms with Crippen LogP contribution in [0.3, 0.4) is 0 Å². The summed E-state index contributed by atoms with van der Waals surface area (Å²) in [7, 11) is 1.52. The van der Waals surface area contributed by atoms with Crippen molar-refractivity contribution in [1.29, 1.82) is 0 Å². The molecule has 3 aromatic rings. The molecule has 0 radical (unpaired) electrons. The van der Waals surface area contributed by atoms with Crippen molar-refractivity contribution in [3.8, 4) is 11.5 Å². The van der Waals surface area contributed by atoms with Crippen molar-refractivity contribution in [2.45, 2.75) is 25.9 Å². The topological polar surface area (TPSA) is 67.9 Å². The number of carbonyl (C=O) groups is 2. The fourth-order valence-electron chi connectivity index (χ4n) is 3.59. The van der Waals surface area contributed by atoms with E-state index >= 15 is 0 Å². The Hall–Kier alpha value is -3.87. The lowest BCUT2D eigenvalue weighted by molar-refractivity contribution is -0.142. The minimum atomic E-state index is -0.777. The Morgan fingerprint density at radius 2 is 1.56 bits per heavy atom. The summed E-state index contributed by atoms with van der Waals surface area (Å²) in [6.07, 6.45) is 0.328. The molecule has 6 nitrogen and oxygen atoms in total. The van der Waals surface area contributed by atoms with Gasteiger partial charge in [-0.05, 0) is 42.3 Å². The summed E-state index contributed by atoms with van der Waals surface area (Å²) in [6, 6.07) is 21.6. The average molecular weight is 465 g/mol. The molecular formula is C27H29FN2O4. The first-order chi connectivity index (χ1) is 16.5. The Bertz CT molecular complexity index is 1070. The fraction of sp³-hybridized carbons (Fsp3) is 0.259. The van der Waals surface area contributed by atoms with E-state index in [1.54, 1.807) is 36.4 Å². The highest BCUT2D eigenvalue weighted by Crippen LogP contribution is 2.26. The largest absolute Gasteiger partial charge is 0.493 e. The number of carbonyl (C=O) groups excluding carboxylic acids is 2. The number of rotatable bonds is 11. The molecule has 0 aliphatic rings. The number of hydrogen-bond donors (Lipinski definition) is 1. The van der Waals surface area contributed by atoms with E-state index in [-0.39, 0.29) is 30.8 Å². The van der Waals surface area contributed by atoms with Gasteiger partial charge in [-0.25, -0.2) is 4.39 Å². The van der Waals surface area contributed by atoms with Crippen LogP contribution in [-0.2, 0) is 22.6 Å². The Morgan fingerprint density at radius 3 is 2.21 bits per heavy atom. The van der Waals surface area contributed by atoms with E-state index in [1.165, 1.54) is 24.1 Å². The lowest BCUT2D eigenvalue weighted by Crippen LogP contribution is -2.51. The molecule has 0 bridgehead atoms. The van der Waals surface area contributed by atoms with Gasteiger partial charge in [-0.1, -0.05) is 54.6 Å². The third-order valence-corrected chi connectivity index (χ3v) is 5.31. The van der Waals surface area contributed by atoms with E-state index in [2.05, 4.69) is 5.32 Å². The second-order valence-corrected chi connectivity index (χ2v) is 7.69. The number of nitrogens with one attached hydrogen (secondary N) is 1. The highest BCUT2D eigenvalue weighted by atomic mass is 19.1. The Balaban J connectivity index is 1.89. The standard InChI is InChI=1S/C27H29FN2O4/c1-3-29-27(32)23(17-20-9-5-4-6-10-20)30(18-21-13-15-22(28)16-14-21)26(31)19-34-25-12-8-7-11-24(25)33-2/h4-16,23H,3,17-19H2,1-2H3,(H,29,32)/t23-/m1/s1. The molecule has 7 heteroatoms. The summed E-state index contributed by atoms with van der Waals surface area (Å²) >= 11 is 0. The van der Waals surface area contributed by atoms with Crippen LogP contribution in [0.15, 0.2) is 78.9 Å². The maximum atomic E-state index is 13.5. The van der Waals surface area contributed by atoms with E-state index in [0.717, 1.165) is 5.56 Å². The first-order valence-electron chi connectivity index (χ1n) is 11.1. The molecule has 0 aromatic heterocycles. The summed E-state index contributed by atoms with van der Waals surface area (Å²) in [6.45, 7) is 2.10. The lowest BCUT2D eigenvalue weighted by Gasteiger charge is -2.31. The quantitative estimate of drug-likeness (QED) is 0.466. The van der Waals surface area contributed by atoms with Gasteiger partial charge in [-0.15, -0.1) is 0 Å². The van der Waals surface area contributed by atoms with Gasteiger partial charge in [0.1, 0.15) is 11.9 Å². The SMILES string of the molecule is CCNC(=O)[C@@H](Cc1ccccc1)N(Cc1ccc(F)cc1)C(=O)COc1ccccc1OC. The molecule has 0 fully saturated rings. The fourth-order valence-corrected chi connectivity index (χ4v) is 3.59. The van der Waals surface area contributed by atoms with Crippen molar-refractivity contribution in [1.82, 2.24) is 10.2 Å². The maximum Gasteiger partial charge on any atom is 0.261 e. The van der Waals surface area contributed by atoms with Crippen molar-refractivity contribution in [2.24, 2.45) is 0 Å². The number of ether oxygens (including phenoxy) is 2. The molecule has 1 N–H and O–H groups in total. The van der Waals surface area contributed by atoms with Crippen LogP contribution >= 0.6 is 0 Å². The number of hydrogen-bond acceptors (Lipinski definition) is 4. The van der Waals surface area contributed by atoms with E-state index in [1.807, 2.05) is 37.3 Å². The summed E-state index contributed by atoms with van der Waals surface area (Å²) in [5.41, 5.74) is 1.62. The Morgan fingerprint density at radius 1 is 0.912 bits per heavy atom. The molecule has 0 spiro atoms. The van der Waals surface area contributed by atoms with Crippen molar-refractivity contribution in [2.75, 3.05) is 20.3 Å². The zero-order valence-corrected chi connectivity index (χ0v) is 19.4. The van der Waals surface area contributed by atoms with Gasteiger partial charge in [0.05, 0.1) is 7.11 Å². The molecule has 34 heavy (non-hydrogen) atoms. The van der Waals surface area contributed by atoms with Gasteiger partial charge in [0.2, 0.25) is 5.91 Å². The molecule has 2 amide bonds. The van der Waals surface area contributed by atoms with Crippen LogP contribution in [-0.4, -0.2) is 43.0 Å². The Labute approximate surface area is 199 Å². The number of amides is 2. The molecule has 0 aliphatic heterocycles. The molecular weight excluding hydrogens is 435 g/mol. The van der Waals surface area contributed by atoms with Crippen molar-refractivity contribution < 1.29 is 23.5 Å². The predicted octanol–water partition coefficient (Wildman–Crippen LogP) is 3.99. The molecule has 0 saturated carbocycles. The number of halogens is 1. The minimum Gasteiger partial charge on any atom is -0.493 e. The first kappa shape index (κ1) is 24.8. The smallest absolute Gasteiger partial charge is 0.261 e. The zero-order valence-electron chi connectivity index (χ0n) is 19.4. The van der Waals surface area contributed by atoms with Gasteiger partial charge in [0.15, 0.2) is 18.1 Å². The molecule has 1 atom stereocenters. The molecule has 0 aliphatic carbocycles. The van der Waals surface area contributed by atoms with Crippen LogP contribution in [0.2, 0.25) is 0 Å². The van der Waals surface area contributed by atoms with E-state index < -0.39 is 6.04 Å². The second kappa shape index (κ2) is 12.4. The second-order valence-electron chi connectivity index (χ2n) is 7.69. The van der Waals surface area contributed by atoms with E-state index in [0.29, 0.717) is 30.0 Å². The summed E-state index contributed by atoms with van der Waals surface area (Å²) < 4.78 is 24.5. The van der Waals surface area contributed by atoms with Crippen LogP contribution in [0, 0.1) is 5.82 Å². The van der Waals surface area contributed by atoms with Crippen molar-refractivity contribution in [3.05, 3.63) is 95.8 Å². The van der Waals surface area contributed by atoms with Gasteiger partial charge in [-0.2, -0.15) is 0 Å². The van der Waals surface area contributed by atoms with Crippen molar-refractivity contribution in [3.63, 3.8) is 0 Å². The average Bonchev–Trinajstić information content (AvgIpc) is 2.86. The van der Waals surface area contributed by atoms with E-state index in [4.69, 9.17) is 9.47 Å². The molecule has 178 valence electrons. The van der Waals surface area contributed by atoms with Gasteiger partial charge in [-0.3, -0.25) is 9.59 Å². The van der Waals surface area contributed by atoms with Crippen LogP contribution < -0.4 is 14.8 Å². The highest BCUT2D eigenvalue weighted by molar-refractivity contribution is 5.88. The number of methoxy groups -OCH3 is 1. The normalized spacial score (nSPS) is 11.4. The molecule has 0 saturated heterocycles. The van der Waals surface area contributed by atoms with Gasteiger partial charge in [0, 0.05) is 19.5 Å². The van der Waals surface area contributed by atoms with Crippen LogP contribution in [0.4, 0.5) is 4.39 Å². The van der Waals surface area contributed by atoms with Crippen LogP contribution in [0.1, 0.15) is 18.1 Å². The molecule has 0 unspecified atom stereocenters. The number of benzene rings is 3. The zero-order chi connectivity index (χ0) is 24.3. The molecule has 3 aromatic carbocycles. The number of para-hydroxylation sites is 2. The summed E-state index contributed by atoms with van der Waals surface area (Å²) in [5.74, 6) is -0.0742. The molecule has 3 rings (SSSR count). The van der Waals surface area contributed by atoms with Crippen molar-refractivity contribution >= 4 is 11.8 Å². The molecule has 0 heterocycles. The first-order valence-corrected chi connectivity index (χ1v) is 11.1. The van der Waals surface area contributed by atoms with Gasteiger partial charge in [0.25, 0.3) is 5.91 Å².